The lowest BCUT2D eigenvalue weighted by atomic mass is 9.84. The van der Waals surface area contributed by atoms with E-state index in [2.05, 4.69) is 0 Å². The number of hydrogen-bond donors (Lipinski definition) is 1. The number of benzene rings is 1. The summed E-state index contributed by atoms with van der Waals surface area (Å²) in [4.78, 5) is 1.98. The van der Waals surface area contributed by atoms with Gasteiger partial charge in [-0.25, -0.2) is 4.39 Å². The number of piperidine rings is 1. The van der Waals surface area contributed by atoms with E-state index in [0.717, 1.165) is 25.5 Å². The Balaban J connectivity index is 2.08. The maximum absolute atomic E-state index is 13.9. The van der Waals surface area contributed by atoms with Crippen LogP contribution in [0.1, 0.15) is 37.8 Å². The zero-order chi connectivity index (χ0) is 16.5. The van der Waals surface area contributed by atoms with Crippen LogP contribution in [-0.4, -0.2) is 28.7 Å². The fourth-order valence-electron chi connectivity index (χ4n) is 2.87. The summed E-state index contributed by atoms with van der Waals surface area (Å²) in [6, 6.07) is 2.66. The molecule has 1 heterocycles. The molecule has 1 atom stereocenters. The zero-order valence-electron chi connectivity index (χ0n) is 12.8. The first-order valence-corrected chi connectivity index (χ1v) is 7.37. The molecular formula is C16H21F4NO. The Bertz CT molecular complexity index is 522. The molecule has 22 heavy (non-hydrogen) atoms. The van der Waals surface area contributed by atoms with Crippen molar-refractivity contribution < 1.29 is 22.7 Å². The maximum Gasteiger partial charge on any atom is 0.416 e. The minimum atomic E-state index is -4.53. The van der Waals surface area contributed by atoms with Crippen LogP contribution in [-0.2, 0) is 12.7 Å². The summed E-state index contributed by atoms with van der Waals surface area (Å²) >= 11 is 0. The predicted octanol–water partition coefficient (Wildman–Crippen LogP) is 3.83. The molecule has 0 unspecified atom stereocenters. The molecular weight excluding hydrogens is 298 g/mol. The molecule has 0 aromatic heterocycles. The van der Waals surface area contributed by atoms with E-state index >= 15 is 0 Å². The van der Waals surface area contributed by atoms with Crippen molar-refractivity contribution in [3.8, 4) is 0 Å². The van der Waals surface area contributed by atoms with Crippen LogP contribution in [0.15, 0.2) is 18.2 Å². The van der Waals surface area contributed by atoms with Gasteiger partial charge in [0, 0.05) is 18.7 Å². The molecule has 1 N–H and O–H groups in total. The normalized spacial score (nSPS) is 21.1. The van der Waals surface area contributed by atoms with Crippen molar-refractivity contribution in [2.24, 2.45) is 5.92 Å². The third kappa shape index (κ3) is 4.20. The van der Waals surface area contributed by atoms with Gasteiger partial charge in [0.1, 0.15) is 5.82 Å². The average molecular weight is 319 g/mol. The lowest BCUT2D eigenvalue weighted by Crippen LogP contribution is -2.44. The number of hydrogen-bond acceptors (Lipinski definition) is 2. The van der Waals surface area contributed by atoms with Gasteiger partial charge in [-0.2, -0.15) is 13.2 Å². The van der Waals surface area contributed by atoms with E-state index in [0.29, 0.717) is 12.6 Å². The van der Waals surface area contributed by atoms with Gasteiger partial charge in [-0.05, 0) is 51.3 Å². The molecule has 124 valence electrons. The van der Waals surface area contributed by atoms with Gasteiger partial charge >= 0.3 is 6.18 Å². The molecule has 1 saturated heterocycles. The van der Waals surface area contributed by atoms with Crippen molar-refractivity contribution in [2.45, 2.75) is 45.0 Å². The molecule has 2 nitrogen and oxygen atoms in total. The van der Waals surface area contributed by atoms with Gasteiger partial charge in [0.25, 0.3) is 0 Å². The van der Waals surface area contributed by atoms with Gasteiger partial charge in [-0.15, -0.1) is 0 Å². The smallest absolute Gasteiger partial charge is 0.390 e. The lowest BCUT2D eigenvalue weighted by Gasteiger charge is -2.38. The van der Waals surface area contributed by atoms with Crippen LogP contribution >= 0.6 is 0 Å². The summed E-state index contributed by atoms with van der Waals surface area (Å²) in [6.45, 7) is 5.13. The van der Waals surface area contributed by atoms with Gasteiger partial charge in [0.15, 0.2) is 0 Å². The van der Waals surface area contributed by atoms with Crippen molar-refractivity contribution in [2.75, 3.05) is 13.1 Å². The number of halogens is 4. The highest BCUT2D eigenvalue weighted by atomic mass is 19.4. The molecule has 0 spiro atoms. The Labute approximate surface area is 127 Å². The van der Waals surface area contributed by atoms with Crippen LogP contribution in [0.3, 0.4) is 0 Å². The topological polar surface area (TPSA) is 23.5 Å². The quantitative estimate of drug-likeness (QED) is 0.856. The highest BCUT2D eigenvalue weighted by Crippen LogP contribution is 2.31. The summed E-state index contributed by atoms with van der Waals surface area (Å²) in [6.07, 6.45) is -2.75. The van der Waals surface area contributed by atoms with E-state index in [1.165, 1.54) is 6.07 Å². The van der Waals surface area contributed by atoms with Gasteiger partial charge < -0.3 is 5.11 Å². The molecule has 1 aliphatic rings. The molecule has 0 saturated carbocycles. The van der Waals surface area contributed by atoms with Crippen LogP contribution < -0.4 is 0 Å². The minimum absolute atomic E-state index is 0.0822. The van der Waals surface area contributed by atoms with E-state index in [1.807, 2.05) is 4.90 Å². The first-order valence-electron chi connectivity index (χ1n) is 7.37. The van der Waals surface area contributed by atoms with Crippen molar-refractivity contribution in [3.63, 3.8) is 0 Å². The highest BCUT2D eigenvalue weighted by Gasteiger charge is 2.33. The van der Waals surface area contributed by atoms with E-state index in [-0.39, 0.29) is 18.0 Å². The number of aliphatic hydroxyl groups is 1. The van der Waals surface area contributed by atoms with Gasteiger partial charge in [-0.1, -0.05) is 6.07 Å². The first-order chi connectivity index (χ1) is 10.1. The molecule has 2 rings (SSSR count). The van der Waals surface area contributed by atoms with Crippen molar-refractivity contribution in [1.82, 2.24) is 4.90 Å². The van der Waals surface area contributed by atoms with Gasteiger partial charge in [0.05, 0.1) is 11.2 Å². The van der Waals surface area contributed by atoms with Crippen molar-refractivity contribution >= 4 is 0 Å². The fourth-order valence-corrected chi connectivity index (χ4v) is 2.87. The SMILES string of the molecule is CC(C)(O)[C@H]1CCCN(Cc2ccc(C(F)(F)F)cc2F)C1. The Hall–Kier alpha value is -1.14. The third-order valence-corrected chi connectivity index (χ3v) is 4.28. The molecule has 0 aliphatic carbocycles. The Morgan fingerprint density at radius 1 is 1.27 bits per heavy atom. The highest BCUT2D eigenvalue weighted by molar-refractivity contribution is 5.26. The number of nitrogens with zero attached hydrogens (tertiary/aromatic N) is 1. The van der Waals surface area contributed by atoms with Gasteiger partial charge in [0.2, 0.25) is 0 Å². The van der Waals surface area contributed by atoms with Crippen LogP contribution in [0, 0.1) is 11.7 Å². The molecule has 6 heteroatoms. The van der Waals surface area contributed by atoms with Crippen molar-refractivity contribution in [1.29, 1.82) is 0 Å². The summed E-state index contributed by atoms with van der Waals surface area (Å²) in [5, 5.41) is 10.1. The fraction of sp³-hybridized carbons (Fsp3) is 0.625. The molecule has 1 aliphatic heterocycles. The lowest BCUT2D eigenvalue weighted by molar-refractivity contribution is -0.137. The Kier molecular flexibility index (Phi) is 4.82. The molecule has 0 amide bonds. The molecule has 1 fully saturated rings. The van der Waals surface area contributed by atoms with Crippen LogP contribution in [0.5, 0.6) is 0 Å². The summed E-state index contributed by atoms with van der Waals surface area (Å²) < 4.78 is 51.5. The second kappa shape index (κ2) is 6.16. The van der Waals surface area contributed by atoms with Crippen LogP contribution in [0.25, 0.3) is 0 Å². The summed E-state index contributed by atoms with van der Waals surface area (Å²) in [5.41, 5.74) is -1.52. The molecule has 1 aromatic rings. The predicted molar refractivity (Wildman–Crippen MR) is 75.7 cm³/mol. The standard InChI is InChI=1S/C16H21F4NO/c1-15(2,22)13-4-3-7-21(10-13)9-11-5-6-12(8-14(11)17)16(18,19)20/h5-6,8,13,22H,3-4,7,9-10H2,1-2H3/t13-/m0/s1. The van der Waals surface area contributed by atoms with E-state index in [1.54, 1.807) is 13.8 Å². The molecule has 1 aromatic carbocycles. The maximum atomic E-state index is 13.9. The van der Waals surface area contributed by atoms with E-state index in [4.69, 9.17) is 0 Å². The molecule has 0 radical (unpaired) electrons. The number of rotatable bonds is 3. The van der Waals surface area contributed by atoms with E-state index in [9.17, 15) is 22.7 Å². The summed E-state index contributed by atoms with van der Waals surface area (Å²) in [5.74, 6) is -0.751. The monoisotopic (exact) mass is 319 g/mol. The minimum Gasteiger partial charge on any atom is -0.390 e. The average Bonchev–Trinajstić information content (AvgIpc) is 2.39. The van der Waals surface area contributed by atoms with E-state index < -0.39 is 23.2 Å². The molecule has 0 bridgehead atoms. The first kappa shape index (κ1) is 17.2. The second-order valence-corrected chi connectivity index (χ2v) is 6.53. The number of likely N-dealkylation sites (tertiary alicyclic amines) is 1. The Morgan fingerprint density at radius 3 is 2.50 bits per heavy atom. The second-order valence-electron chi connectivity index (χ2n) is 6.53. The Morgan fingerprint density at radius 2 is 1.95 bits per heavy atom. The largest absolute Gasteiger partial charge is 0.416 e. The van der Waals surface area contributed by atoms with Crippen LogP contribution in [0.2, 0.25) is 0 Å². The third-order valence-electron chi connectivity index (χ3n) is 4.28. The van der Waals surface area contributed by atoms with Gasteiger partial charge in [-0.3, -0.25) is 4.90 Å². The zero-order valence-corrected chi connectivity index (χ0v) is 12.8. The number of alkyl halides is 3. The van der Waals surface area contributed by atoms with Crippen LogP contribution in [0.4, 0.5) is 17.6 Å². The summed E-state index contributed by atoms with van der Waals surface area (Å²) in [7, 11) is 0. The van der Waals surface area contributed by atoms with Crippen molar-refractivity contribution in [3.05, 3.63) is 35.1 Å².